The summed E-state index contributed by atoms with van der Waals surface area (Å²) in [4.78, 5) is 22.5. The van der Waals surface area contributed by atoms with E-state index in [4.69, 9.17) is 0 Å². The van der Waals surface area contributed by atoms with E-state index in [9.17, 15) is 36.5 Å². The molecule has 1 amide bonds. The Balaban J connectivity index is 2.31. The van der Waals surface area contributed by atoms with Crippen LogP contribution in [0.25, 0.3) is 0 Å². The van der Waals surface area contributed by atoms with Crippen molar-refractivity contribution in [2.75, 3.05) is 23.8 Å². The third kappa shape index (κ3) is 4.70. The summed E-state index contributed by atoms with van der Waals surface area (Å²) in [5.41, 5.74) is -4.35. The zero-order valence-electron chi connectivity index (χ0n) is 16.1. The molecule has 0 saturated carbocycles. The van der Waals surface area contributed by atoms with Gasteiger partial charge in [-0.15, -0.1) is 0 Å². The summed E-state index contributed by atoms with van der Waals surface area (Å²) in [7, 11) is -4.43. The third-order valence-corrected chi connectivity index (χ3v) is 5.91. The largest absolute Gasteiger partial charge is 0.501 e. The van der Waals surface area contributed by atoms with E-state index in [1.54, 1.807) is 19.1 Å². The number of likely N-dealkylation sites (N-methyl/N-ethyl adjacent to an activating group) is 1. The van der Waals surface area contributed by atoms with E-state index in [0.717, 1.165) is 22.1 Å². The van der Waals surface area contributed by atoms with Gasteiger partial charge in [0.25, 0.3) is 15.5 Å². The number of carbonyl (C=O) groups excluding carboxylic acids is 1. The summed E-state index contributed by atoms with van der Waals surface area (Å²) < 4.78 is 61.2. The standard InChI is InChI=1S/C18H18F3N3O5S/c1-11-5-4-6-14(12(11)2)22-17(25)10-23(3)15-8-7-13(9-16(15)24(26)27)30(28,29)18(19,20)21/h4-9H,10H2,1-3H3,(H,22,25). The number of nitro groups is 1. The van der Waals surface area contributed by atoms with Crippen LogP contribution in [0.15, 0.2) is 41.3 Å². The van der Waals surface area contributed by atoms with Crippen molar-refractivity contribution in [2.24, 2.45) is 0 Å². The van der Waals surface area contributed by atoms with Gasteiger partial charge in [0, 0.05) is 18.8 Å². The fourth-order valence-electron chi connectivity index (χ4n) is 2.65. The minimum atomic E-state index is -5.75. The Hall–Kier alpha value is -3.15. The fraction of sp³-hybridized carbons (Fsp3) is 0.278. The third-order valence-electron chi connectivity index (χ3n) is 4.43. The smallest absolute Gasteiger partial charge is 0.360 e. The Morgan fingerprint density at radius 3 is 2.40 bits per heavy atom. The average Bonchev–Trinajstić information content (AvgIpc) is 2.63. The van der Waals surface area contributed by atoms with Gasteiger partial charge in [0.2, 0.25) is 5.91 Å². The van der Waals surface area contributed by atoms with Gasteiger partial charge in [-0.2, -0.15) is 13.2 Å². The Morgan fingerprint density at radius 1 is 1.20 bits per heavy atom. The van der Waals surface area contributed by atoms with Crippen molar-refractivity contribution >= 4 is 32.8 Å². The lowest BCUT2D eigenvalue weighted by molar-refractivity contribution is -0.384. The number of carbonyl (C=O) groups is 1. The molecule has 0 unspecified atom stereocenters. The number of sulfone groups is 1. The van der Waals surface area contributed by atoms with E-state index in [-0.39, 0.29) is 12.2 Å². The number of rotatable bonds is 6. The molecule has 162 valence electrons. The van der Waals surface area contributed by atoms with Gasteiger partial charge in [-0.3, -0.25) is 14.9 Å². The Morgan fingerprint density at radius 2 is 1.83 bits per heavy atom. The van der Waals surface area contributed by atoms with Crippen molar-refractivity contribution in [3.63, 3.8) is 0 Å². The zero-order valence-corrected chi connectivity index (χ0v) is 17.0. The van der Waals surface area contributed by atoms with Crippen LogP contribution in [0.4, 0.5) is 30.2 Å². The lowest BCUT2D eigenvalue weighted by Crippen LogP contribution is -2.31. The number of amides is 1. The van der Waals surface area contributed by atoms with Gasteiger partial charge in [-0.25, -0.2) is 8.42 Å². The summed E-state index contributed by atoms with van der Waals surface area (Å²) in [5, 5.41) is 14.0. The summed E-state index contributed by atoms with van der Waals surface area (Å²) in [6.07, 6.45) is 0. The predicted octanol–water partition coefficient (Wildman–Crippen LogP) is 3.58. The molecule has 0 radical (unpaired) electrons. The molecule has 2 rings (SSSR count). The second-order valence-corrected chi connectivity index (χ2v) is 8.45. The summed E-state index contributed by atoms with van der Waals surface area (Å²) in [6.45, 7) is 3.30. The van der Waals surface area contributed by atoms with E-state index in [1.807, 2.05) is 13.0 Å². The maximum absolute atomic E-state index is 12.7. The summed E-state index contributed by atoms with van der Waals surface area (Å²) in [6, 6.07) is 7.09. The van der Waals surface area contributed by atoms with E-state index in [2.05, 4.69) is 5.32 Å². The molecule has 0 aromatic heterocycles. The molecule has 30 heavy (non-hydrogen) atoms. The predicted molar refractivity (Wildman–Crippen MR) is 104 cm³/mol. The highest BCUT2D eigenvalue weighted by Gasteiger charge is 2.47. The van der Waals surface area contributed by atoms with Gasteiger partial charge in [-0.1, -0.05) is 12.1 Å². The van der Waals surface area contributed by atoms with Gasteiger partial charge in [0.15, 0.2) is 0 Å². The van der Waals surface area contributed by atoms with Crippen molar-refractivity contribution in [3.05, 3.63) is 57.6 Å². The van der Waals surface area contributed by atoms with Crippen molar-refractivity contribution in [1.29, 1.82) is 0 Å². The molecule has 0 spiro atoms. The molecule has 0 aliphatic rings. The molecular weight excluding hydrogens is 427 g/mol. The number of nitro benzene ring substituents is 1. The normalized spacial score (nSPS) is 11.8. The Bertz CT molecular complexity index is 1100. The zero-order chi connectivity index (χ0) is 22.9. The Kier molecular flexibility index (Phi) is 6.40. The number of hydrogen-bond donors (Lipinski definition) is 1. The minimum Gasteiger partial charge on any atom is -0.360 e. The molecule has 0 aliphatic heterocycles. The van der Waals surface area contributed by atoms with Gasteiger partial charge >= 0.3 is 5.51 Å². The van der Waals surface area contributed by atoms with Crippen molar-refractivity contribution in [1.82, 2.24) is 0 Å². The average molecular weight is 445 g/mol. The minimum absolute atomic E-state index is 0.211. The molecule has 8 nitrogen and oxygen atoms in total. The van der Waals surface area contributed by atoms with E-state index >= 15 is 0 Å². The number of nitrogens with zero attached hydrogens (tertiary/aromatic N) is 2. The maximum Gasteiger partial charge on any atom is 0.501 e. The molecule has 0 saturated heterocycles. The molecule has 0 heterocycles. The molecule has 2 aromatic carbocycles. The molecule has 0 aliphatic carbocycles. The first-order chi connectivity index (χ1) is 13.8. The van der Waals surface area contributed by atoms with Gasteiger partial charge in [0.1, 0.15) is 5.69 Å². The van der Waals surface area contributed by atoms with Crippen LogP contribution in [-0.4, -0.2) is 38.3 Å². The number of nitrogens with one attached hydrogen (secondary N) is 1. The molecule has 0 atom stereocenters. The Labute approximate surface area is 170 Å². The highest BCUT2D eigenvalue weighted by Crippen LogP contribution is 2.35. The van der Waals surface area contributed by atoms with E-state index in [1.165, 1.54) is 7.05 Å². The second kappa shape index (κ2) is 8.30. The molecule has 1 N–H and O–H groups in total. The van der Waals surface area contributed by atoms with Gasteiger partial charge in [0.05, 0.1) is 16.4 Å². The van der Waals surface area contributed by atoms with Crippen LogP contribution in [0, 0.1) is 24.0 Å². The lowest BCUT2D eigenvalue weighted by atomic mass is 10.1. The topological polar surface area (TPSA) is 110 Å². The first kappa shape index (κ1) is 23.1. The number of alkyl halides is 3. The van der Waals surface area contributed by atoms with Gasteiger partial charge in [-0.05, 0) is 43.2 Å². The molecular formula is C18H18F3N3O5S. The number of halogens is 3. The van der Waals surface area contributed by atoms with Crippen molar-refractivity contribution in [3.8, 4) is 0 Å². The molecule has 12 heteroatoms. The van der Waals surface area contributed by atoms with E-state index < -0.39 is 36.8 Å². The number of hydrogen-bond acceptors (Lipinski definition) is 6. The summed E-state index contributed by atoms with van der Waals surface area (Å²) in [5.74, 6) is -0.521. The monoisotopic (exact) mass is 445 g/mol. The SMILES string of the molecule is Cc1cccc(NC(=O)CN(C)c2ccc(S(=O)(=O)C(F)(F)F)cc2[N+](=O)[O-])c1C. The number of benzene rings is 2. The molecule has 2 aromatic rings. The van der Waals surface area contributed by atoms with Crippen LogP contribution in [0.5, 0.6) is 0 Å². The van der Waals surface area contributed by atoms with Crippen molar-refractivity contribution in [2.45, 2.75) is 24.3 Å². The van der Waals surface area contributed by atoms with Gasteiger partial charge < -0.3 is 10.2 Å². The first-order valence-electron chi connectivity index (χ1n) is 8.42. The fourth-order valence-corrected chi connectivity index (χ4v) is 3.43. The summed E-state index contributed by atoms with van der Waals surface area (Å²) >= 11 is 0. The van der Waals surface area contributed by atoms with Crippen LogP contribution in [0.1, 0.15) is 11.1 Å². The number of aryl methyl sites for hydroxylation is 1. The number of anilines is 2. The van der Waals surface area contributed by atoms with Crippen LogP contribution < -0.4 is 10.2 Å². The first-order valence-corrected chi connectivity index (χ1v) is 9.91. The van der Waals surface area contributed by atoms with Crippen LogP contribution in [-0.2, 0) is 14.6 Å². The highest BCUT2D eigenvalue weighted by molar-refractivity contribution is 7.92. The quantitative estimate of drug-likeness (QED) is 0.538. The van der Waals surface area contributed by atoms with Crippen LogP contribution in [0.2, 0.25) is 0 Å². The van der Waals surface area contributed by atoms with Crippen LogP contribution >= 0.6 is 0 Å². The van der Waals surface area contributed by atoms with Crippen LogP contribution in [0.3, 0.4) is 0 Å². The molecule has 0 bridgehead atoms. The van der Waals surface area contributed by atoms with Crippen molar-refractivity contribution < 1.29 is 31.3 Å². The van der Waals surface area contributed by atoms with E-state index in [0.29, 0.717) is 17.8 Å². The maximum atomic E-state index is 12.7. The second-order valence-electron chi connectivity index (χ2n) is 6.51. The highest BCUT2D eigenvalue weighted by atomic mass is 32.2. The molecule has 0 fully saturated rings. The lowest BCUT2D eigenvalue weighted by Gasteiger charge is -2.20.